The molecular weight excluding hydrogens is 414 g/mol. The van der Waals surface area contributed by atoms with Gasteiger partial charge in [-0.3, -0.25) is 0 Å². The zero-order chi connectivity index (χ0) is 23.4. The van der Waals surface area contributed by atoms with E-state index in [9.17, 15) is 10.2 Å². The second-order valence-corrected chi connectivity index (χ2v) is 8.68. The fourth-order valence-corrected chi connectivity index (χ4v) is 4.37. The number of nitrogens with zero attached hydrogens (tertiary/aromatic N) is 3. The minimum absolute atomic E-state index is 0.119. The number of nitrogens with two attached hydrogens (primary N) is 2. The van der Waals surface area contributed by atoms with Gasteiger partial charge in [-0.05, 0) is 68.1 Å². The van der Waals surface area contributed by atoms with Gasteiger partial charge >= 0.3 is 0 Å². The first kappa shape index (κ1) is 22.9. The van der Waals surface area contributed by atoms with Crippen molar-refractivity contribution in [2.75, 3.05) is 12.3 Å². The number of fused-ring (bicyclic) bond motifs is 3. The molecule has 0 saturated carbocycles. The van der Waals surface area contributed by atoms with Gasteiger partial charge in [0.2, 0.25) is 0 Å². The monoisotopic (exact) mass is 447 g/mol. The predicted octanol–water partition coefficient (Wildman–Crippen LogP) is 4.64. The number of aryl methyl sites for hydroxylation is 2. The predicted molar refractivity (Wildman–Crippen MR) is 134 cm³/mol. The van der Waals surface area contributed by atoms with Gasteiger partial charge in [0.15, 0.2) is 5.82 Å². The Balaban J connectivity index is 1.87. The van der Waals surface area contributed by atoms with Crippen LogP contribution in [-0.2, 0) is 19.4 Å². The Kier molecular flexibility index (Phi) is 6.99. The molecule has 7 heteroatoms. The fourth-order valence-electron chi connectivity index (χ4n) is 4.37. The van der Waals surface area contributed by atoms with Crippen molar-refractivity contribution in [2.24, 2.45) is 5.73 Å². The van der Waals surface area contributed by atoms with E-state index in [2.05, 4.69) is 28.6 Å². The van der Waals surface area contributed by atoms with Gasteiger partial charge in [0.1, 0.15) is 22.8 Å². The van der Waals surface area contributed by atoms with Crippen molar-refractivity contribution in [2.45, 2.75) is 58.4 Å². The van der Waals surface area contributed by atoms with Gasteiger partial charge in [-0.2, -0.15) is 0 Å². The van der Waals surface area contributed by atoms with Crippen LogP contribution in [0.15, 0.2) is 36.4 Å². The maximum atomic E-state index is 10.4. The van der Waals surface area contributed by atoms with Crippen molar-refractivity contribution in [1.82, 2.24) is 14.5 Å². The van der Waals surface area contributed by atoms with Crippen LogP contribution in [0, 0.1) is 0 Å². The molecule has 0 radical (unpaired) electrons. The molecule has 0 bridgehead atoms. The zero-order valence-electron chi connectivity index (χ0n) is 19.2. The Hall–Kier alpha value is -3.32. The summed E-state index contributed by atoms with van der Waals surface area (Å²) in [6, 6.07) is 10.9. The molecule has 0 aliphatic rings. The minimum Gasteiger partial charge on any atom is -0.508 e. The molecule has 0 atom stereocenters. The van der Waals surface area contributed by atoms with Gasteiger partial charge in [-0.1, -0.05) is 25.8 Å². The highest BCUT2D eigenvalue weighted by molar-refractivity contribution is 6.06. The molecule has 174 valence electrons. The van der Waals surface area contributed by atoms with Crippen molar-refractivity contribution in [1.29, 1.82) is 0 Å². The molecule has 0 spiro atoms. The molecule has 0 unspecified atom stereocenters. The summed E-state index contributed by atoms with van der Waals surface area (Å²) in [5, 5.41) is 21.4. The molecule has 0 saturated heterocycles. The van der Waals surface area contributed by atoms with Crippen LogP contribution in [0.2, 0.25) is 0 Å². The highest BCUT2D eigenvalue weighted by atomic mass is 16.3. The smallest absolute Gasteiger partial charge is 0.152 e. The van der Waals surface area contributed by atoms with Crippen LogP contribution in [0.4, 0.5) is 5.82 Å². The Bertz CT molecular complexity index is 1260. The number of pyridine rings is 1. The quantitative estimate of drug-likeness (QED) is 0.207. The number of aromatic nitrogens is 3. The van der Waals surface area contributed by atoms with E-state index in [1.165, 1.54) is 17.7 Å². The first-order valence-corrected chi connectivity index (χ1v) is 11.8. The normalized spacial score (nSPS) is 11.6. The van der Waals surface area contributed by atoms with E-state index in [-0.39, 0.29) is 11.5 Å². The summed E-state index contributed by atoms with van der Waals surface area (Å²) >= 11 is 0. The topological polar surface area (TPSA) is 123 Å². The standard InChI is InChI=1S/C26H33N5O2/c1-2-3-8-23-30-24-25(31(23)16-18-15-19(32)10-12-22(18)33)20-14-17(7-5-4-6-13-27)9-11-21(20)29-26(24)28/h9-12,14-15,32-33H,2-8,13,16,27H2,1H3,(H2,28,29). The van der Waals surface area contributed by atoms with Crippen molar-refractivity contribution in [3.63, 3.8) is 0 Å². The minimum atomic E-state index is 0.119. The van der Waals surface area contributed by atoms with E-state index in [0.29, 0.717) is 23.4 Å². The number of phenolic OH excluding ortho intramolecular Hbond substituents is 2. The van der Waals surface area contributed by atoms with Crippen LogP contribution in [-0.4, -0.2) is 31.3 Å². The van der Waals surface area contributed by atoms with Gasteiger partial charge in [0, 0.05) is 17.4 Å². The third-order valence-electron chi connectivity index (χ3n) is 6.16. The maximum absolute atomic E-state index is 10.4. The molecule has 0 aliphatic heterocycles. The zero-order valence-corrected chi connectivity index (χ0v) is 19.2. The number of benzene rings is 2. The van der Waals surface area contributed by atoms with Crippen LogP contribution in [0.1, 0.15) is 56.0 Å². The lowest BCUT2D eigenvalue weighted by atomic mass is 10.0. The summed E-state index contributed by atoms with van der Waals surface area (Å²) in [4.78, 5) is 9.51. The molecule has 33 heavy (non-hydrogen) atoms. The second kappa shape index (κ2) is 10.1. The first-order chi connectivity index (χ1) is 16.0. The first-order valence-electron chi connectivity index (χ1n) is 11.8. The Morgan fingerprint density at radius 3 is 2.58 bits per heavy atom. The van der Waals surface area contributed by atoms with Crippen molar-refractivity contribution in [3.05, 3.63) is 53.3 Å². The van der Waals surface area contributed by atoms with Crippen molar-refractivity contribution < 1.29 is 10.2 Å². The Morgan fingerprint density at radius 2 is 1.79 bits per heavy atom. The van der Waals surface area contributed by atoms with Crippen LogP contribution < -0.4 is 11.5 Å². The second-order valence-electron chi connectivity index (χ2n) is 8.68. The van der Waals surface area contributed by atoms with E-state index in [1.807, 2.05) is 6.07 Å². The summed E-state index contributed by atoms with van der Waals surface area (Å²) in [6.07, 6.45) is 7.05. The van der Waals surface area contributed by atoms with Gasteiger partial charge < -0.3 is 26.2 Å². The molecule has 2 heterocycles. The lowest BCUT2D eigenvalue weighted by molar-refractivity contribution is 0.452. The van der Waals surface area contributed by atoms with Crippen molar-refractivity contribution in [3.8, 4) is 11.5 Å². The Morgan fingerprint density at radius 1 is 0.939 bits per heavy atom. The molecule has 0 aliphatic carbocycles. The largest absolute Gasteiger partial charge is 0.508 e. The van der Waals surface area contributed by atoms with Gasteiger partial charge in [-0.15, -0.1) is 0 Å². The average molecular weight is 448 g/mol. The van der Waals surface area contributed by atoms with Crippen LogP contribution in [0.25, 0.3) is 21.9 Å². The summed E-state index contributed by atoms with van der Waals surface area (Å²) in [5.74, 6) is 1.57. The van der Waals surface area contributed by atoms with E-state index in [4.69, 9.17) is 16.5 Å². The molecule has 7 nitrogen and oxygen atoms in total. The molecule has 2 aromatic heterocycles. The van der Waals surface area contributed by atoms with Gasteiger partial charge in [-0.25, -0.2) is 9.97 Å². The molecule has 4 aromatic rings. The summed E-state index contributed by atoms with van der Waals surface area (Å²) < 4.78 is 2.12. The lowest BCUT2D eigenvalue weighted by Crippen LogP contribution is -2.06. The average Bonchev–Trinajstić information content (AvgIpc) is 3.17. The molecule has 0 amide bonds. The number of unbranched alkanes of at least 4 members (excludes halogenated alkanes) is 3. The number of hydrogen-bond acceptors (Lipinski definition) is 6. The van der Waals surface area contributed by atoms with Gasteiger partial charge in [0.05, 0.1) is 17.6 Å². The molecule has 0 fully saturated rings. The Labute approximate surface area is 194 Å². The van der Waals surface area contributed by atoms with Crippen LogP contribution in [0.3, 0.4) is 0 Å². The molecule has 6 N–H and O–H groups in total. The van der Waals surface area contributed by atoms with Crippen LogP contribution >= 0.6 is 0 Å². The maximum Gasteiger partial charge on any atom is 0.152 e. The highest BCUT2D eigenvalue weighted by Gasteiger charge is 2.19. The number of phenols is 2. The van der Waals surface area contributed by atoms with E-state index < -0.39 is 0 Å². The summed E-state index contributed by atoms with van der Waals surface area (Å²) in [5.41, 5.74) is 16.3. The number of anilines is 1. The highest BCUT2D eigenvalue weighted by Crippen LogP contribution is 2.32. The van der Waals surface area contributed by atoms with Crippen LogP contribution in [0.5, 0.6) is 11.5 Å². The third-order valence-corrected chi connectivity index (χ3v) is 6.16. The SMILES string of the molecule is CCCCc1nc2c(N)nc3ccc(CCCCCN)cc3c2n1Cc1cc(O)ccc1O. The molecular formula is C26H33N5O2. The van der Waals surface area contributed by atoms with E-state index in [0.717, 1.165) is 73.7 Å². The third kappa shape index (κ3) is 4.88. The number of nitrogen functional groups attached to an aromatic ring is 1. The number of rotatable bonds is 10. The summed E-state index contributed by atoms with van der Waals surface area (Å²) in [7, 11) is 0. The van der Waals surface area contributed by atoms with Crippen molar-refractivity contribution >= 4 is 27.8 Å². The fraction of sp³-hybridized carbons (Fsp3) is 0.385. The molecule has 4 rings (SSSR count). The summed E-state index contributed by atoms with van der Waals surface area (Å²) in [6.45, 7) is 3.26. The number of imidazole rings is 1. The van der Waals surface area contributed by atoms with Gasteiger partial charge in [0.25, 0.3) is 0 Å². The number of aromatic hydroxyl groups is 2. The molecule has 2 aromatic carbocycles. The van der Waals surface area contributed by atoms with E-state index in [1.54, 1.807) is 6.07 Å². The lowest BCUT2D eigenvalue weighted by Gasteiger charge is -2.13. The van der Waals surface area contributed by atoms with E-state index >= 15 is 0 Å². The number of hydrogen-bond donors (Lipinski definition) is 4.